The average molecular weight is 108 g/mol. The van der Waals surface area contributed by atoms with E-state index < -0.39 is 0 Å². The molecule has 0 saturated heterocycles. The van der Waals surface area contributed by atoms with Gasteiger partial charge in [0.25, 0.3) is 0 Å². The molecular formula is C6H4S. The Morgan fingerprint density at radius 1 is 1.71 bits per heavy atom. The summed E-state index contributed by atoms with van der Waals surface area (Å²) in [4.78, 5) is 1.00. The van der Waals surface area contributed by atoms with Crippen molar-refractivity contribution < 1.29 is 0 Å². The van der Waals surface area contributed by atoms with Gasteiger partial charge in [0, 0.05) is 11.0 Å². The summed E-state index contributed by atoms with van der Waals surface area (Å²) >= 11 is 1.59. The zero-order valence-electron chi connectivity index (χ0n) is 3.72. The molecule has 1 aromatic heterocycles. The molecule has 1 rings (SSSR count). The first-order valence-electron chi connectivity index (χ1n) is 1.93. The molecule has 1 aromatic rings. The Labute approximate surface area is 47.1 Å². The summed E-state index contributed by atoms with van der Waals surface area (Å²) in [5.41, 5.74) is 0. The van der Waals surface area contributed by atoms with Gasteiger partial charge in [-0.1, -0.05) is 12.6 Å². The van der Waals surface area contributed by atoms with Gasteiger partial charge >= 0.3 is 0 Å². The second kappa shape index (κ2) is 1.94. The van der Waals surface area contributed by atoms with Crippen LogP contribution >= 0.6 is 11.3 Å². The predicted molar refractivity (Wildman–Crippen MR) is 31.0 cm³/mol. The van der Waals surface area contributed by atoms with Crippen LogP contribution in [0, 0.1) is 12.7 Å². The average Bonchev–Trinajstić information content (AvgIpc) is 2.14. The maximum atomic E-state index is 5.05. The molecule has 0 fully saturated rings. The van der Waals surface area contributed by atoms with Crippen LogP contribution in [0.25, 0.3) is 0 Å². The molecule has 0 spiro atoms. The monoisotopic (exact) mass is 108 g/mol. The van der Waals surface area contributed by atoms with Gasteiger partial charge in [0.1, 0.15) is 0 Å². The van der Waals surface area contributed by atoms with Gasteiger partial charge in [-0.25, -0.2) is 0 Å². The topological polar surface area (TPSA) is 0 Å². The summed E-state index contributed by atoms with van der Waals surface area (Å²) < 4.78 is 0. The normalized spacial score (nSPS) is 8.57. The van der Waals surface area contributed by atoms with Crippen LogP contribution in [0.2, 0.25) is 0 Å². The lowest BCUT2D eigenvalue weighted by Gasteiger charge is -1.69. The molecule has 1 heteroatoms. The van der Waals surface area contributed by atoms with E-state index in [0.29, 0.717) is 0 Å². The highest BCUT2D eigenvalue weighted by Gasteiger charge is 1.79. The summed E-state index contributed by atoms with van der Waals surface area (Å²) in [6.45, 7) is 5.05. The lowest BCUT2D eigenvalue weighted by molar-refractivity contribution is 1.81. The van der Waals surface area contributed by atoms with Crippen molar-refractivity contribution in [3.63, 3.8) is 0 Å². The Kier molecular flexibility index (Phi) is 1.27. The molecule has 0 amide bonds. The molecule has 0 unspecified atom stereocenters. The minimum Gasteiger partial charge on any atom is -0.144 e. The van der Waals surface area contributed by atoms with Crippen molar-refractivity contribution in [2.45, 2.75) is 0 Å². The largest absolute Gasteiger partial charge is 0.144 e. The lowest BCUT2D eigenvalue weighted by atomic mass is 10.5. The fraction of sp³-hybridized carbons (Fsp3) is 0. The quantitative estimate of drug-likeness (QED) is 0.515. The van der Waals surface area contributed by atoms with Crippen molar-refractivity contribution in [2.75, 3.05) is 0 Å². The van der Waals surface area contributed by atoms with E-state index in [1.165, 1.54) is 0 Å². The molecule has 2 radical (unpaired) electrons. The van der Waals surface area contributed by atoms with Crippen LogP contribution in [0.3, 0.4) is 0 Å². The van der Waals surface area contributed by atoms with Crippen molar-refractivity contribution in [3.8, 4) is 0 Å². The Balaban J connectivity index is 2.96. The van der Waals surface area contributed by atoms with Crippen molar-refractivity contribution in [1.29, 1.82) is 0 Å². The summed E-state index contributed by atoms with van der Waals surface area (Å²) in [5, 5.41) is 1.97. The maximum absolute atomic E-state index is 5.05. The molecule has 7 heavy (non-hydrogen) atoms. The van der Waals surface area contributed by atoms with E-state index in [-0.39, 0.29) is 0 Å². The van der Waals surface area contributed by atoms with Gasteiger partial charge in [0.05, 0.1) is 0 Å². The Morgan fingerprint density at radius 2 is 2.57 bits per heavy atom. The maximum Gasteiger partial charge on any atom is 0.0349 e. The number of hydrogen-bond acceptors (Lipinski definition) is 1. The SMILES string of the molecule is [CH]=[C]c1cccs1. The van der Waals surface area contributed by atoms with E-state index in [0.717, 1.165) is 4.88 Å². The number of rotatable bonds is 1. The number of hydrogen-bond donors (Lipinski definition) is 0. The molecule has 0 saturated carbocycles. The van der Waals surface area contributed by atoms with E-state index in [1.807, 2.05) is 17.5 Å². The minimum absolute atomic E-state index is 1.00. The minimum atomic E-state index is 1.00. The van der Waals surface area contributed by atoms with Crippen LogP contribution in [0.1, 0.15) is 4.88 Å². The van der Waals surface area contributed by atoms with Crippen molar-refractivity contribution in [3.05, 3.63) is 35.0 Å². The summed E-state index contributed by atoms with van der Waals surface area (Å²) in [5.74, 6) is 0. The van der Waals surface area contributed by atoms with Crippen molar-refractivity contribution >= 4 is 11.3 Å². The molecule has 0 N–H and O–H groups in total. The molecule has 0 aliphatic carbocycles. The lowest BCUT2D eigenvalue weighted by Crippen LogP contribution is -1.50. The Morgan fingerprint density at radius 3 is 2.86 bits per heavy atom. The van der Waals surface area contributed by atoms with Gasteiger partial charge in [-0.2, -0.15) is 0 Å². The van der Waals surface area contributed by atoms with E-state index in [4.69, 9.17) is 6.58 Å². The zero-order chi connectivity index (χ0) is 5.11. The molecule has 0 aliphatic heterocycles. The fourth-order valence-electron chi connectivity index (χ4n) is 0.361. The molecule has 1 heterocycles. The number of thiophene rings is 1. The highest BCUT2D eigenvalue weighted by Crippen LogP contribution is 2.05. The Bertz CT molecular complexity index is 139. The van der Waals surface area contributed by atoms with Crippen LogP contribution < -0.4 is 0 Å². The highest BCUT2D eigenvalue weighted by atomic mass is 32.1. The van der Waals surface area contributed by atoms with E-state index in [1.54, 1.807) is 11.3 Å². The Hall–Kier alpha value is -0.560. The van der Waals surface area contributed by atoms with Crippen molar-refractivity contribution in [1.82, 2.24) is 0 Å². The summed E-state index contributed by atoms with van der Waals surface area (Å²) in [6.07, 6.45) is 2.53. The van der Waals surface area contributed by atoms with Crippen LogP contribution in [-0.4, -0.2) is 0 Å². The first-order chi connectivity index (χ1) is 3.43. The van der Waals surface area contributed by atoms with Crippen LogP contribution in [0.4, 0.5) is 0 Å². The standard InChI is InChI=1S/C6H4S/c1-2-6-4-3-5-7-6/h1,3-5H. The first-order valence-corrected chi connectivity index (χ1v) is 2.81. The van der Waals surface area contributed by atoms with Gasteiger partial charge in [-0.05, 0) is 11.4 Å². The third kappa shape index (κ3) is 0.904. The molecule has 0 aliphatic rings. The molecular weight excluding hydrogens is 104 g/mol. The molecule has 0 atom stereocenters. The second-order valence-corrected chi connectivity index (χ2v) is 2.07. The van der Waals surface area contributed by atoms with Gasteiger partial charge in [0.15, 0.2) is 0 Å². The smallest absolute Gasteiger partial charge is 0.0349 e. The second-order valence-electron chi connectivity index (χ2n) is 1.12. The summed E-state index contributed by atoms with van der Waals surface area (Å²) in [6, 6.07) is 3.87. The van der Waals surface area contributed by atoms with Crippen molar-refractivity contribution in [2.24, 2.45) is 0 Å². The highest BCUT2D eigenvalue weighted by molar-refractivity contribution is 7.10. The van der Waals surface area contributed by atoms with E-state index >= 15 is 0 Å². The van der Waals surface area contributed by atoms with Gasteiger partial charge in [-0.3, -0.25) is 0 Å². The van der Waals surface area contributed by atoms with Crippen LogP contribution in [-0.2, 0) is 0 Å². The first kappa shape index (κ1) is 4.60. The molecule has 0 bridgehead atoms. The fourth-order valence-corrected chi connectivity index (χ4v) is 0.890. The zero-order valence-corrected chi connectivity index (χ0v) is 4.53. The van der Waals surface area contributed by atoms with Gasteiger partial charge < -0.3 is 0 Å². The molecule has 0 aromatic carbocycles. The van der Waals surface area contributed by atoms with E-state index in [2.05, 4.69) is 6.08 Å². The molecule has 34 valence electrons. The van der Waals surface area contributed by atoms with Crippen LogP contribution in [0.5, 0.6) is 0 Å². The van der Waals surface area contributed by atoms with E-state index in [9.17, 15) is 0 Å². The third-order valence-electron chi connectivity index (χ3n) is 0.663. The summed E-state index contributed by atoms with van der Waals surface area (Å²) in [7, 11) is 0. The molecule has 0 nitrogen and oxygen atoms in total. The third-order valence-corrected chi connectivity index (χ3v) is 1.46. The van der Waals surface area contributed by atoms with Crippen LogP contribution in [0.15, 0.2) is 17.5 Å². The van der Waals surface area contributed by atoms with Gasteiger partial charge in [-0.15, -0.1) is 11.3 Å². The van der Waals surface area contributed by atoms with Gasteiger partial charge in [0.2, 0.25) is 0 Å². The predicted octanol–water partition coefficient (Wildman–Crippen LogP) is 1.89.